The van der Waals surface area contributed by atoms with Crippen LogP contribution in [0.1, 0.15) is 23.8 Å². The molecule has 0 unspecified atom stereocenters. The zero-order valence-electron chi connectivity index (χ0n) is 12.7. The van der Waals surface area contributed by atoms with Gasteiger partial charge in [0.05, 0.1) is 11.5 Å². The number of likely N-dealkylation sites (tertiary alicyclic amines) is 1. The van der Waals surface area contributed by atoms with Crippen molar-refractivity contribution in [2.75, 3.05) is 13.1 Å². The van der Waals surface area contributed by atoms with Crippen LogP contribution in [0.4, 0.5) is 0 Å². The van der Waals surface area contributed by atoms with E-state index in [4.69, 9.17) is 4.42 Å². The minimum Gasteiger partial charge on any atom is -0.420 e. The number of nitrogens with zero attached hydrogens (tertiary/aromatic N) is 5. The first kappa shape index (κ1) is 14.0. The van der Waals surface area contributed by atoms with Gasteiger partial charge in [0.1, 0.15) is 0 Å². The Balaban J connectivity index is 1.43. The third-order valence-electron chi connectivity index (χ3n) is 4.13. The lowest BCUT2D eigenvalue weighted by molar-refractivity contribution is 0.320. The molecule has 6 heteroatoms. The van der Waals surface area contributed by atoms with Gasteiger partial charge in [0, 0.05) is 37.9 Å². The molecule has 1 aliphatic rings. The van der Waals surface area contributed by atoms with Gasteiger partial charge >= 0.3 is 0 Å². The fourth-order valence-electron chi connectivity index (χ4n) is 2.93. The topological polar surface area (TPSA) is 67.9 Å². The summed E-state index contributed by atoms with van der Waals surface area (Å²) in [6, 6.07) is 7.90. The van der Waals surface area contributed by atoms with Crippen LogP contribution in [0.25, 0.3) is 11.5 Å². The van der Waals surface area contributed by atoms with Gasteiger partial charge in [-0.25, -0.2) is 0 Å². The van der Waals surface area contributed by atoms with Crippen LogP contribution in [0.15, 0.2) is 53.5 Å². The van der Waals surface area contributed by atoms with E-state index < -0.39 is 0 Å². The maximum absolute atomic E-state index is 5.85. The standard InChI is InChI=1S/C17H17N5O/c1-2-14(10-19-6-1)16-20-21-17(23-16)15-5-9-22(12-15)11-13-3-7-18-8-4-13/h1-4,6-8,10,15H,5,9,11-12H2/t15-/m0/s1. The van der Waals surface area contributed by atoms with E-state index in [0.29, 0.717) is 11.8 Å². The number of rotatable bonds is 4. The SMILES string of the molecule is c1cncc(-c2nnc([C@H]3CCN(Cc4ccncc4)C3)o2)c1. The molecule has 1 atom stereocenters. The Labute approximate surface area is 134 Å². The Morgan fingerprint density at radius 2 is 2.00 bits per heavy atom. The highest BCUT2D eigenvalue weighted by molar-refractivity contribution is 5.50. The first-order chi connectivity index (χ1) is 11.4. The average Bonchev–Trinajstić information content (AvgIpc) is 3.26. The molecule has 0 bridgehead atoms. The van der Waals surface area contributed by atoms with E-state index >= 15 is 0 Å². The molecule has 116 valence electrons. The number of hydrogen-bond acceptors (Lipinski definition) is 6. The summed E-state index contributed by atoms with van der Waals surface area (Å²) >= 11 is 0. The predicted octanol–water partition coefficient (Wildman–Crippen LogP) is 2.52. The van der Waals surface area contributed by atoms with Gasteiger partial charge in [0.25, 0.3) is 0 Å². The summed E-state index contributed by atoms with van der Waals surface area (Å²) in [4.78, 5) is 10.6. The summed E-state index contributed by atoms with van der Waals surface area (Å²) in [6.07, 6.45) is 8.18. The third-order valence-corrected chi connectivity index (χ3v) is 4.13. The summed E-state index contributed by atoms with van der Waals surface area (Å²) < 4.78 is 5.85. The molecule has 1 aliphatic heterocycles. The molecule has 23 heavy (non-hydrogen) atoms. The van der Waals surface area contributed by atoms with Crippen LogP contribution in [0.3, 0.4) is 0 Å². The highest BCUT2D eigenvalue weighted by atomic mass is 16.4. The van der Waals surface area contributed by atoms with Gasteiger partial charge in [-0.2, -0.15) is 0 Å². The molecule has 0 saturated carbocycles. The predicted molar refractivity (Wildman–Crippen MR) is 84.4 cm³/mol. The quantitative estimate of drug-likeness (QED) is 0.738. The number of aromatic nitrogens is 4. The van der Waals surface area contributed by atoms with Gasteiger partial charge in [-0.1, -0.05) is 0 Å². The van der Waals surface area contributed by atoms with Crippen molar-refractivity contribution in [3.8, 4) is 11.5 Å². The molecule has 3 aromatic rings. The van der Waals surface area contributed by atoms with Crippen LogP contribution >= 0.6 is 0 Å². The van der Waals surface area contributed by atoms with Gasteiger partial charge in [0.2, 0.25) is 11.8 Å². The minimum atomic E-state index is 0.301. The molecule has 0 N–H and O–H groups in total. The smallest absolute Gasteiger partial charge is 0.249 e. The first-order valence-electron chi connectivity index (χ1n) is 7.73. The molecule has 0 aromatic carbocycles. The maximum atomic E-state index is 5.85. The van der Waals surface area contributed by atoms with Crippen molar-refractivity contribution in [1.29, 1.82) is 0 Å². The average molecular weight is 307 g/mol. The first-order valence-corrected chi connectivity index (χ1v) is 7.73. The fraction of sp³-hybridized carbons (Fsp3) is 0.294. The van der Waals surface area contributed by atoms with E-state index in [1.54, 1.807) is 12.4 Å². The molecular weight excluding hydrogens is 290 g/mol. The monoisotopic (exact) mass is 307 g/mol. The van der Waals surface area contributed by atoms with Gasteiger partial charge < -0.3 is 4.42 Å². The van der Waals surface area contributed by atoms with E-state index in [1.165, 1.54) is 5.56 Å². The summed E-state index contributed by atoms with van der Waals surface area (Å²) in [6.45, 7) is 2.91. The fourth-order valence-corrected chi connectivity index (χ4v) is 2.93. The largest absolute Gasteiger partial charge is 0.420 e. The van der Waals surface area contributed by atoms with E-state index in [2.05, 4.69) is 37.2 Å². The van der Waals surface area contributed by atoms with E-state index in [9.17, 15) is 0 Å². The number of pyridine rings is 2. The lowest BCUT2D eigenvalue weighted by Gasteiger charge is -2.14. The molecule has 3 aromatic heterocycles. The van der Waals surface area contributed by atoms with E-state index in [0.717, 1.165) is 37.5 Å². The van der Waals surface area contributed by atoms with Gasteiger partial charge in [-0.15, -0.1) is 10.2 Å². The van der Waals surface area contributed by atoms with Crippen LogP contribution in [0, 0.1) is 0 Å². The second kappa shape index (κ2) is 6.26. The van der Waals surface area contributed by atoms with Gasteiger partial charge in [-0.3, -0.25) is 14.9 Å². The maximum Gasteiger partial charge on any atom is 0.249 e. The summed E-state index contributed by atoms with van der Waals surface area (Å²) in [7, 11) is 0. The van der Waals surface area contributed by atoms with Crippen LogP contribution in [-0.4, -0.2) is 38.2 Å². The number of hydrogen-bond donors (Lipinski definition) is 0. The summed E-state index contributed by atoms with van der Waals surface area (Å²) in [5.41, 5.74) is 2.14. The lowest BCUT2D eigenvalue weighted by atomic mass is 10.1. The van der Waals surface area contributed by atoms with Crippen molar-refractivity contribution in [2.45, 2.75) is 18.9 Å². The molecule has 0 amide bonds. The zero-order chi connectivity index (χ0) is 15.5. The highest BCUT2D eigenvalue weighted by Gasteiger charge is 2.28. The van der Waals surface area contributed by atoms with Crippen molar-refractivity contribution in [3.63, 3.8) is 0 Å². The molecule has 4 rings (SSSR count). The molecular formula is C17H17N5O. The minimum absolute atomic E-state index is 0.301. The van der Waals surface area contributed by atoms with Gasteiger partial charge in [0.15, 0.2) is 0 Å². The molecule has 4 heterocycles. The summed E-state index contributed by atoms with van der Waals surface area (Å²) in [5, 5.41) is 8.39. The van der Waals surface area contributed by atoms with Crippen molar-refractivity contribution in [3.05, 3.63) is 60.5 Å². The second-order valence-corrected chi connectivity index (χ2v) is 5.76. The third kappa shape index (κ3) is 3.12. The molecule has 6 nitrogen and oxygen atoms in total. The Kier molecular flexibility index (Phi) is 3.81. The Hall–Kier alpha value is -2.60. The van der Waals surface area contributed by atoms with E-state index in [1.807, 2.05) is 24.5 Å². The van der Waals surface area contributed by atoms with E-state index in [-0.39, 0.29) is 0 Å². The second-order valence-electron chi connectivity index (χ2n) is 5.76. The molecule has 0 radical (unpaired) electrons. The van der Waals surface area contributed by atoms with Crippen LogP contribution in [0.2, 0.25) is 0 Å². The van der Waals surface area contributed by atoms with Crippen LogP contribution in [0.5, 0.6) is 0 Å². The lowest BCUT2D eigenvalue weighted by Crippen LogP contribution is -2.19. The van der Waals surface area contributed by atoms with Crippen molar-refractivity contribution >= 4 is 0 Å². The molecule has 1 saturated heterocycles. The molecule has 0 aliphatic carbocycles. The van der Waals surface area contributed by atoms with Crippen molar-refractivity contribution in [2.24, 2.45) is 0 Å². The zero-order valence-corrected chi connectivity index (χ0v) is 12.7. The molecule has 1 fully saturated rings. The van der Waals surface area contributed by atoms with Gasteiger partial charge in [-0.05, 0) is 42.8 Å². The Morgan fingerprint density at radius 3 is 2.83 bits per heavy atom. The van der Waals surface area contributed by atoms with Crippen molar-refractivity contribution < 1.29 is 4.42 Å². The highest BCUT2D eigenvalue weighted by Crippen LogP contribution is 2.29. The Bertz CT molecular complexity index is 759. The normalized spacial score (nSPS) is 18.3. The molecule has 0 spiro atoms. The van der Waals surface area contributed by atoms with Crippen LogP contribution < -0.4 is 0 Å². The summed E-state index contributed by atoms with van der Waals surface area (Å²) in [5.74, 6) is 1.57. The van der Waals surface area contributed by atoms with Crippen molar-refractivity contribution in [1.82, 2.24) is 25.1 Å². The Morgan fingerprint density at radius 1 is 1.09 bits per heavy atom. The van der Waals surface area contributed by atoms with Crippen LogP contribution in [-0.2, 0) is 6.54 Å².